The van der Waals surface area contributed by atoms with Gasteiger partial charge in [0.15, 0.2) is 11.6 Å². The van der Waals surface area contributed by atoms with Crippen LogP contribution in [0.25, 0.3) is 0 Å². The van der Waals surface area contributed by atoms with Crippen LogP contribution in [0.5, 0.6) is 5.75 Å². The van der Waals surface area contributed by atoms with Crippen LogP contribution in [-0.4, -0.2) is 32.1 Å². The van der Waals surface area contributed by atoms with Crippen molar-refractivity contribution in [2.45, 2.75) is 32.7 Å². The van der Waals surface area contributed by atoms with Crippen LogP contribution >= 0.6 is 12.4 Å². The second-order valence-corrected chi connectivity index (χ2v) is 6.16. The number of carbonyl (C=O) groups excluding carboxylic acids is 1. The molecule has 4 nitrogen and oxygen atoms in total. The molecule has 22 heavy (non-hydrogen) atoms. The maximum atomic E-state index is 13.6. The van der Waals surface area contributed by atoms with Crippen molar-refractivity contribution in [3.63, 3.8) is 0 Å². The van der Waals surface area contributed by atoms with E-state index in [9.17, 15) is 9.18 Å². The van der Waals surface area contributed by atoms with Gasteiger partial charge in [-0.1, -0.05) is 13.8 Å². The van der Waals surface area contributed by atoms with Crippen LogP contribution < -0.4 is 15.4 Å². The Morgan fingerprint density at radius 2 is 2.23 bits per heavy atom. The van der Waals surface area contributed by atoms with Gasteiger partial charge in [0.2, 0.25) is 0 Å². The molecular formula is C16H24ClFN2O2. The van der Waals surface area contributed by atoms with Gasteiger partial charge in [0.1, 0.15) is 0 Å². The summed E-state index contributed by atoms with van der Waals surface area (Å²) in [5, 5.41) is 6.32. The highest BCUT2D eigenvalue weighted by molar-refractivity contribution is 5.94. The molecule has 6 heteroatoms. The summed E-state index contributed by atoms with van der Waals surface area (Å²) in [6.45, 7) is 5.91. The van der Waals surface area contributed by atoms with Crippen LogP contribution in [0.15, 0.2) is 18.2 Å². The normalized spacial score (nSPS) is 19.9. The fourth-order valence-electron chi connectivity index (χ4n) is 2.72. The zero-order valence-electron chi connectivity index (χ0n) is 13.2. The van der Waals surface area contributed by atoms with Gasteiger partial charge in [-0.2, -0.15) is 0 Å². The molecule has 1 aliphatic rings. The molecule has 2 N–H and O–H groups in total. The number of benzene rings is 1. The monoisotopic (exact) mass is 330 g/mol. The maximum absolute atomic E-state index is 13.6. The molecule has 0 bridgehead atoms. The zero-order valence-corrected chi connectivity index (χ0v) is 14.1. The van der Waals surface area contributed by atoms with E-state index >= 15 is 0 Å². The third-order valence-corrected chi connectivity index (χ3v) is 4.21. The Kier molecular flexibility index (Phi) is 6.63. The van der Waals surface area contributed by atoms with Gasteiger partial charge in [-0.05, 0) is 43.0 Å². The minimum absolute atomic E-state index is 0. The zero-order chi connectivity index (χ0) is 15.5. The third-order valence-electron chi connectivity index (χ3n) is 4.21. The van der Waals surface area contributed by atoms with Gasteiger partial charge in [-0.25, -0.2) is 4.39 Å². The Balaban J connectivity index is 0.00000242. The number of ether oxygens (including phenoxy) is 1. The van der Waals surface area contributed by atoms with Gasteiger partial charge < -0.3 is 15.4 Å². The number of methoxy groups -OCH3 is 1. The molecule has 1 amide bonds. The van der Waals surface area contributed by atoms with Crippen molar-refractivity contribution in [3.05, 3.63) is 29.6 Å². The van der Waals surface area contributed by atoms with Gasteiger partial charge in [0.05, 0.1) is 7.11 Å². The molecule has 0 spiro atoms. The van der Waals surface area contributed by atoms with E-state index in [0.29, 0.717) is 12.1 Å². The molecule has 1 aromatic rings. The molecule has 1 unspecified atom stereocenters. The fraction of sp³-hybridized carbons (Fsp3) is 0.562. The van der Waals surface area contributed by atoms with Crippen LogP contribution in [0, 0.1) is 11.2 Å². The number of nitrogens with one attached hydrogen (secondary N) is 2. The quantitative estimate of drug-likeness (QED) is 0.892. The first kappa shape index (κ1) is 18.7. The standard InChI is InChI=1S/C16H23FN2O2.ClH/c1-16(2)7-4-8-18-14(16)10-19-15(20)11-5-6-13(21-3)12(17)9-11;/h5-6,9,14,18H,4,7-8,10H2,1-3H3,(H,19,20);1H. The highest BCUT2D eigenvalue weighted by Gasteiger charge is 2.32. The molecule has 0 aromatic heterocycles. The summed E-state index contributed by atoms with van der Waals surface area (Å²) in [6, 6.07) is 4.47. The molecule has 0 radical (unpaired) electrons. The third kappa shape index (κ3) is 4.34. The molecule has 1 aromatic carbocycles. The summed E-state index contributed by atoms with van der Waals surface area (Å²) in [5.74, 6) is -0.650. The second-order valence-electron chi connectivity index (χ2n) is 6.16. The average molecular weight is 331 g/mol. The molecule has 124 valence electrons. The Labute approximate surface area is 137 Å². The summed E-state index contributed by atoms with van der Waals surface area (Å²) in [4.78, 5) is 12.1. The van der Waals surface area contributed by atoms with Crippen LogP contribution in [0.2, 0.25) is 0 Å². The number of rotatable bonds is 4. The van der Waals surface area contributed by atoms with Gasteiger partial charge >= 0.3 is 0 Å². The lowest BCUT2D eigenvalue weighted by Crippen LogP contribution is -2.52. The summed E-state index contributed by atoms with van der Waals surface area (Å²) < 4.78 is 18.5. The molecular weight excluding hydrogens is 307 g/mol. The van der Waals surface area contributed by atoms with Crippen molar-refractivity contribution in [3.8, 4) is 5.75 Å². The van der Waals surface area contributed by atoms with Gasteiger partial charge in [-0.3, -0.25) is 4.79 Å². The highest BCUT2D eigenvalue weighted by Crippen LogP contribution is 2.29. The number of piperidine rings is 1. The Hall–Kier alpha value is -1.33. The number of carbonyl (C=O) groups is 1. The van der Waals surface area contributed by atoms with E-state index in [-0.39, 0.29) is 35.5 Å². The molecule has 1 fully saturated rings. The van der Waals surface area contributed by atoms with E-state index in [1.807, 2.05) is 0 Å². The topological polar surface area (TPSA) is 50.4 Å². The summed E-state index contributed by atoms with van der Waals surface area (Å²) in [5.41, 5.74) is 0.457. The van der Waals surface area contributed by atoms with Gasteiger partial charge in [0, 0.05) is 18.2 Å². The van der Waals surface area contributed by atoms with Crippen molar-refractivity contribution < 1.29 is 13.9 Å². The predicted octanol–water partition coefficient (Wildman–Crippen LogP) is 2.76. The molecule has 0 aliphatic carbocycles. The van der Waals surface area contributed by atoms with Gasteiger partial charge in [-0.15, -0.1) is 12.4 Å². The van der Waals surface area contributed by atoms with E-state index in [1.54, 1.807) is 6.07 Å². The summed E-state index contributed by atoms with van der Waals surface area (Å²) in [6.07, 6.45) is 2.29. The van der Waals surface area contributed by atoms with E-state index in [1.165, 1.54) is 19.2 Å². The van der Waals surface area contributed by atoms with E-state index < -0.39 is 5.82 Å². The number of hydrogen-bond donors (Lipinski definition) is 2. The van der Waals surface area contributed by atoms with Crippen LogP contribution in [0.4, 0.5) is 4.39 Å². The van der Waals surface area contributed by atoms with Crippen LogP contribution in [0.1, 0.15) is 37.0 Å². The minimum atomic E-state index is -0.527. The lowest BCUT2D eigenvalue weighted by molar-refractivity contribution is 0.0928. The SMILES string of the molecule is COc1ccc(C(=O)NCC2NCCCC2(C)C)cc1F.Cl. The molecule has 1 saturated heterocycles. The lowest BCUT2D eigenvalue weighted by Gasteiger charge is -2.39. The van der Waals surface area contributed by atoms with E-state index in [4.69, 9.17) is 4.74 Å². The molecule has 1 atom stereocenters. The lowest BCUT2D eigenvalue weighted by atomic mass is 9.77. The minimum Gasteiger partial charge on any atom is -0.494 e. The van der Waals surface area contributed by atoms with Crippen molar-refractivity contribution in [1.82, 2.24) is 10.6 Å². The number of hydrogen-bond acceptors (Lipinski definition) is 3. The highest BCUT2D eigenvalue weighted by atomic mass is 35.5. The summed E-state index contributed by atoms with van der Waals surface area (Å²) in [7, 11) is 1.40. The van der Waals surface area contributed by atoms with Crippen LogP contribution in [0.3, 0.4) is 0 Å². The smallest absolute Gasteiger partial charge is 0.251 e. The molecule has 2 rings (SSSR count). The molecule has 0 saturated carbocycles. The van der Waals surface area contributed by atoms with Gasteiger partial charge in [0.25, 0.3) is 5.91 Å². The first-order chi connectivity index (χ1) is 9.94. The van der Waals surface area contributed by atoms with Crippen LogP contribution in [-0.2, 0) is 0 Å². The summed E-state index contributed by atoms with van der Waals surface area (Å²) >= 11 is 0. The van der Waals surface area contributed by atoms with E-state index in [0.717, 1.165) is 19.4 Å². The molecule has 1 heterocycles. The average Bonchev–Trinajstić information content (AvgIpc) is 2.45. The van der Waals surface area contributed by atoms with Crippen molar-refractivity contribution in [2.75, 3.05) is 20.2 Å². The fourth-order valence-corrected chi connectivity index (χ4v) is 2.72. The van der Waals surface area contributed by atoms with Crippen molar-refractivity contribution in [2.24, 2.45) is 5.41 Å². The first-order valence-corrected chi connectivity index (χ1v) is 7.29. The Morgan fingerprint density at radius 1 is 1.50 bits per heavy atom. The number of halogens is 2. The van der Waals surface area contributed by atoms with E-state index in [2.05, 4.69) is 24.5 Å². The maximum Gasteiger partial charge on any atom is 0.251 e. The second kappa shape index (κ2) is 7.79. The largest absolute Gasteiger partial charge is 0.494 e. The Bertz CT molecular complexity index is 523. The van der Waals surface area contributed by atoms with Crippen molar-refractivity contribution in [1.29, 1.82) is 0 Å². The molecule has 1 aliphatic heterocycles. The Morgan fingerprint density at radius 3 is 2.82 bits per heavy atom. The van der Waals surface area contributed by atoms with Crippen molar-refractivity contribution >= 4 is 18.3 Å². The number of amides is 1. The first-order valence-electron chi connectivity index (χ1n) is 7.29. The predicted molar refractivity (Wildman–Crippen MR) is 87.3 cm³/mol.